The van der Waals surface area contributed by atoms with Crippen LogP contribution in [0.1, 0.15) is 6.42 Å². The molecule has 10 nitrogen and oxygen atoms in total. The number of para-hydroxylation sites is 2. The van der Waals surface area contributed by atoms with Crippen LogP contribution in [-0.4, -0.2) is 71.0 Å². The Balaban J connectivity index is 1.37. The van der Waals surface area contributed by atoms with E-state index >= 15 is 0 Å². The highest BCUT2D eigenvalue weighted by Gasteiger charge is 2.24. The van der Waals surface area contributed by atoms with E-state index in [2.05, 4.69) is 0 Å². The zero-order valence-electron chi connectivity index (χ0n) is 16.8. The fraction of sp³-hybridized carbons (Fsp3) is 0.333. The summed E-state index contributed by atoms with van der Waals surface area (Å²) < 4.78 is 10.8. The number of carbonyl (C=O) groups is 2. The Morgan fingerprint density at radius 3 is 2.16 bits per heavy atom. The van der Waals surface area contributed by atoms with E-state index in [4.69, 9.17) is 9.47 Å². The van der Waals surface area contributed by atoms with Gasteiger partial charge in [-0.2, -0.15) is 0 Å². The van der Waals surface area contributed by atoms with Gasteiger partial charge in [-0.3, -0.25) is 19.7 Å². The highest BCUT2D eigenvalue weighted by atomic mass is 16.6. The number of nitro groups is 1. The quantitative estimate of drug-likeness (QED) is 0.502. The van der Waals surface area contributed by atoms with Crippen molar-refractivity contribution in [1.29, 1.82) is 0 Å². The SMILES string of the molecule is O=C(CCOc1ccccc1O)N1CCN(C(=O)COc2ccc([N+](=O)[O-])cc2)CC1. The van der Waals surface area contributed by atoms with E-state index in [0.717, 1.165) is 0 Å². The van der Waals surface area contributed by atoms with Crippen molar-refractivity contribution in [3.05, 3.63) is 58.6 Å². The van der Waals surface area contributed by atoms with Crippen LogP contribution >= 0.6 is 0 Å². The zero-order valence-corrected chi connectivity index (χ0v) is 16.8. The summed E-state index contributed by atoms with van der Waals surface area (Å²) in [6.45, 7) is 1.60. The number of phenols is 1. The van der Waals surface area contributed by atoms with Gasteiger partial charge in [0.1, 0.15) is 5.75 Å². The maximum Gasteiger partial charge on any atom is 0.269 e. The van der Waals surface area contributed by atoms with Crippen molar-refractivity contribution in [1.82, 2.24) is 9.80 Å². The molecule has 0 atom stereocenters. The van der Waals surface area contributed by atoms with Gasteiger partial charge in [0, 0.05) is 38.3 Å². The third-order valence-corrected chi connectivity index (χ3v) is 4.83. The van der Waals surface area contributed by atoms with Crippen molar-refractivity contribution in [2.75, 3.05) is 39.4 Å². The third kappa shape index (κ3) is 6.08. The van der Waals surface area contributed by atoms with E-state index in [-0.39, 0.29) is 42.9 Å². The summed E-state index contributed by atoms with van der Waals surface area (Å²) >= 11 is 0. The molecule has 164 valence electrons. The van der Waals surface area contributed by atoms with Crippen LogP contribution < -0.4 is 9.47 Å². The van der Waals surface area contributed by atoms with Crippen molar-refractivity contribution in [2.45, 2.75) is 6.42 Å². The number of non-ortho nitro benzene ring substituents is 1. The van der Waals surface area contributed by atoms with E-state index in [1.54, 1.807) is 28.0 Å². The van der Waals surface area contributed by atoms with Gasteiger partial charge in [0.15, 0.2) is 18.1 Å². The van der Waals surface area contributed by atoms with Crippen LogP contribution in [-0.2, 0) is 9.59 Å². The Hall–Kier alpha value is -3.82. The molecule has 10 heteroatoms. The molecule has 1 aliphatic rings. The van der Waals surface area contributed by atoms with Gasteiger partial charge in [-0.1, -0.05) is 12.1 Å². The summed E-state index contributed by atoms with van der Waals surface area (Å²) in [6, 6.07) is 12.1. The molecule has 0 unspecified atom stereocenters. The first-order chi connectivity index (χ1) is 14.9. The molecule has 1 aliphatic heterocycles. The van der Waals surface area contributed by atoms with Gasteiger partial charge in [0.25, 0.3) is 11.6 Å². The molecule has 0 aliphatic carbocycles. The van der Waals surface area contributed by atoms with Crippen molar-refractivity contribution in [3.8, 4) is 17.2 Å². The van der Waals surface area contributed by atoms with Crippen LogP contribution in [0.2, 0.25) is 0 Å². The summed E-state index contributed by atoms with van der Waals surface area (Å²) in [4.78, 5) is 38.1. The number of benzene rings is 2. The van der Waals surface area contributed by atoms with Gasteiger partial charge in [-0.05, 0) is 24.3 Å². The Morgan fingerprint density at radius 2 is 1.55 bits per heavy atom. The van der Waals surface area contributed by atoms with E-state index in [9.17, 15) is 24.8 Å². The molecular formula is C21H23N3O7. The van der Waals surface area contributed by atoms with Gasteiger partial charge in [-0.15, -0.1) is 0 Å². The smallest absolute Gasteiger partial charge is 0.269 e. The number of phenolic OH excluding ortho intramolecular Hbond substituents is 1. The summed E-state index contributed by atoms with van der Waals surface area (Å²) in [5, 5.41) is 20.3. The van der Waals surface area contributed by atoms with Crippen molar-refractivity contribution in [3.63, 3.8) is 0 Å². The van der Waals surface area contributed by atoms with Crippen LogP contribution in [0.25, 0.3) is 0 Å². The fourth-order valence-electron chi connectivity index (χ4n) is 3.09. The predicted molar refractivity (Wildman–Crippen MR) is 110 cm³/mol. The molecule has 2 aromatic carbocycles. The molecule has 0 saturated carbocycles. The number of carbonyl (C=O) groups excluding carboxylic acids is 2. The summed E-state index contributed by atoms with van der Waals surface area (Å²) in [5.74, 6) is 0.437. The molecule has 1 saturated heterocycles. The Bertz CT molecular complexity index is 925. The normalized spacial score (nSPS) is 13.5. The third-order valence-electron chi connectivity index (χ3n) is 4.83. The first kappa shape index (κ1) is 21.9. The minimum atomic E-state index is -0.507. The number of rotatable bonds is 8. The topological polar surface area (TPSA) is 122 Å². The molecule has 0 spiro atoms. The highest BCUT2D eigenvalue weighted by molar-refractivity contribution is 5.79. The van der Waals surface area contributed by atoms with Crippen molar-refractivity contribution in [2.24, 2.45) is 0 Å². The molecule has 0 bridgehead atoms. The summed E-state index contributed by atoms with van der Waals surface area (Å²) in [7, 11) is 0. The molecule has 31 heavy (non-hydrogen) atoms. The maximum absolute atomic E-state index is 12.3. The van der Waals surface area contributed by atoms with Gasteiger partial charge in [0.05, 0.1) is 18.0 Å². The Morgan fingerprint density at radius 1 is 0.935 bits per heavy atom. The number of hydrogen-bond donors (Lipinski definition) is 1. The van der Waals surface area contributed by atoms with Crippen LogP contribution in [0.3, 0.4) is 0 Å². The summed E-state index contributed by atoms with van der Waals surface area (Å²) in [5.41, 5.74) is -0.0505. The number of nitro benzene ring substituents is 1. The zero-order chi connectivity index (χ0) is 22.2. The number of amides is 2. The van der Waals surface area contributed by atoms with Crippen LogP contribution in [0.5, 0.6) is 17.2 Å². The first-order valence-corrected chi connectivity index (χ1v) is 9.77. The lowest BCUT2D eigenvalue weighted by Gasteiger charge is -2.34. The molecule has 3 rings (SSSR count). The molecule has 2 aromatic rings. The van der Waals surface area contributed by atoms with Crippen LogP contribution in [0.4, 0.5) is 5.69 Å². The van der Waals surface area contributed by atoms with Crippen LogP contribution in [0, 0.1) is 10.1 Å². The van der Waals surface area contributed by atoms with E-state index in [1.165, 1.54) is 30.3 Å². The second-order valence-corrected chi connectivity index (χ2v) is 6.87. The van der Waals surface area contributed by atoms with Crippen molar-refractivity contribution >= 4 is 17.5 Å². The number of piperazine rings is 1. The average Bonchev–Trinajstić information content (AvgIpc) is 2.79. The number of ether oxygens (including phenoxy) is 2. The number of aromatic hydroxyl groups is 1. The molecule has 1 heterocycles. The van der Waals surface area contributed by atoms with Gasteiger partial charge >= 0.3 is 0 Å². The average molecular weight is 429 g/mol. The van der Waals surface area contributed by atoms with E-state index in [0.29, 0.717) is 37.7 Å². The summed E-state index contributed by atoms with van der Waals surface area (Å²) in [6.07, 6.45) is 0.172. The number of nitrogens with zero attached hydrogens (tertiary/aromatic N) is 3. The monoisotopic (exact) mass is 429 g/mol. The van der Waals surface area contributed by atoms with E-state index < -0.39 is 4.92 Å². The lowest BCUT2D eigenvalue weighted by Crippen LogP contribution is -2.51. The molecule has 1 fully saturated rings. The second-order valence-electron chi connectivity index (χ2n) is 6.87. The molecule has 2 amide bonds. The lowest BCUT2D eigenvalue weighted by molar-refractivity contribution is -0.384. The minimum Gasteiger partial charge on any atom is -0.504 e. The molecule has 1 N–H and O–H groups in total. The number of hydrogen-bond acceptors (Lipinski definition) is 7. The maximum atomic E-state index is 12.3. The van der Waals surface area contributed by atoms with Crippen LogP contribution in [0.15, 0.2) is 48.5 Å². The standard InChI is InChI=1S/C21H23N3O7/c25-18-3-1-2-4-19(18)30-14-9-20(26)22-10-12-23(13-11-22)21(27)15-31-17-7-5-16(6-8-17)24(28)29/h1-8,25H,9-15H2. The molecular weight excluding hydrogens is 406 g/mol. The van der Waals surface area contributed by atoms with E-state index in [1.807, 2.05) is 0 Å². The molecule has 0 aromatic heterocycles. The van der Waals surface area contributed by atoms with Crippen molar-refractivity contribution < 1.29 is 29.1 Å². The predicted octanol–water partition coefficient (Wildman–Crippen LogP) is 1.82. The Labute approximate surface area is 178 Å². The van der Waals surface area contributed by atoms with Gasteiger partial charge in [-0.25, -0.2) is 0 Å². The first-order valence-electron chi connectivity index (χ1n) is 9.77. The second kappa shape index (κ2) is 10.3. The van der Waals surface area contributed by atoms with Gasteiger partial charge < -0.3 is 24.4 Å². The molecule has 0 radical (unpaired) electrons. The lowest BCUT2D eigenvalue weighted by atomic mass is 10.2. The van der Waals surface area contributed by atoms with Gasteiger partial charge in [0.2, 0.25) is 5.91 Å². The Kier molecular flexibility index (Phi) is 7.26. The minimum absolute atomic E-state index is 0.0259. The fourth-order valence-corrected chi connectivity index (χ4v) is 3.09. The highest BCUT2D eigenvalue weighted by Crippen LogP contribution is 2.24. The largest absolute Gasteiger partial charge is 0.504 e.